The second kappa shape index (κ2) is 18.4. The third-order valence-electron chi connectivity index (χ3n) is 12.2. The molecule has 0 aromatic carbocycles. The van der Waals surface area contributed by atoms with Gasteiger partial charge in [-0.1, -0.05) is 6.08 Å². The number of esters is 1. The molecule has 0 aromatic rings. The summed E-state index contributed by atoms with van der Waals surface area (Å²) in [5.74, 6) is -1.46. The van der Waals surface area contributed by atoms with Crippen LogP contribution in [0.15, 0.2) is 12.2 Å². The minimum absolute atomic E-state index is 0.0163. The molecule has 0 amide bonds. The third kappa shape index (κ3) is 9.63. The highest BCUT2D eigenvalue weighted by Gasteiger charge is 2.52. The van der Waals surface area contributed by atoms with Crippen molar-refractivity contribution in [3.05, 3.63) is 12.2 Å². The molecule has 3 aliphatic heterocycles. The van der Waals surface area contributed by atoms with Crippen LogP contribution in [-0.2, 0) is 33.2 Å². The Kier molecular flexibility index (Phi) is 14.4. The number of hydrogen-bond acceptors (Lipinski definition) is 18. The number of fused-ring (bicyclic) bond motifs is 1. The monoisotopic (exact) mass is 778 g/mol. The van der Waals surface area contributed by atoms with Gasteiger partial charge in [-0.05, 0) is 76.0 Å². The molecular formula is C36H58O18. The first-order valence-electron chi connectivity index (χ1n) is 19.3. The van der Waals surface area contributed by atoms with Gasteiger partial charge in [0.1, 0.15) is 55.4 Å². The molecule has 6 fully saturated rings. The maximum absolute atomic E-state index is 12.8. The normalized spacial score (nSPS) is 50.4. The highest BCUT2D eigenvalue weighted by Crippen LogP contribution is 2.43. The van der Waals surface area contributed by atoms with Crippen LogP contribution in [0.4, 0.5) is 0 Å². The van der Waals surface area contributed by atoms with Gasteiger partial charge in [0.25, 0.3) is 0 Å². The zero-order chi connectivity index (χ0) is 38.8. The second-order valence-electron chi connectivity index (χ2n) is 16.0. The lowest BCUT2D eigenvalue weighted by Gasteiger charge is -2.51. The lowest BCUT2D eigenvalue weighted by atomic mass is 9.73. The standard InChI is InChI=1S/C36H58O18/c37-13-25-28(43)30(45)32(47)35(53-25)51-23-9-15(1-7-20(23)40)2-8-27(42)49-14-26-29(44)31(46)33(48)36(54-26)52-24-12-19-21(41)10-18(39)11-22(19)50-34(24)16-3-5-17(38)6-4-16/h2,8,15-26,28-41,43-48H,1,3-7,9-14H2/t15?,16?,17?,18?,19?,20?,21?,22?,23?,24?,25-,26-,28-,29-,30+,31+,32-,33-,34?,35-,36-/m1/s1. The smallest absolute Gasteiger partial charge is 0.330 e. The molecule has 6 rings (SSSR count). The van der Waals surface area contributed by atoms with E-state index in [0.29, 0.717) is 44.9 Å². The molecule has 54 heavy (non-hydrogen) atoms. The lowest BCUT2D eigenvalue weighted by Crippen LogP contribution is -2.62. The summed E-state index contributed by atoms with van der Waals surface area (Å²) in [5, 5.41) is 114. The summed E-state index contributed by atoms with van der Waals surface area (Å²) < 4.78 is 35.2. The van der Waals surface area contributed by atoms with E-state index < -0.39 is 129 Å². The van der Waals surface area contributed by atoms with Crippen molar-refractivity contribution in [1.82, 2.24) is 0 Å². The Hall–Kier alpha value is -1.43. The van der Waals surface area contributed by atoms with Crippen LogP contribution in [-0.4, -0.2) is 186 Å². The molecule has 19 atom stereocenters. The van der Waals surface area contributed by atoms with E-state index >= 15 is 0 Å². The third-order valence-corrected chi connectivity index (χ3v) is 12.2. The van der Waals surface area contributed by atoms with Crippen LogP contribution in [0.2, 0.25) is 0 Å². The summed E-state index contributed by atoms with van der Waals surface area (Å²) in [6.07, 6.45) is -13.7. The molecule has 3 aliphatic carbocycles. The average Bonchev–Trinajstić information content (AvgIpc) is 3.15. The maximum atomic E-state index is 12.8. The molecule has 310 valence electrons. The first-order chi connectivity index (χ1) is 25.7. The molecule has 3 heterocycles. The molecule has 0 spiro atoms. The number of carbonyl (C=O) groups is 1. The highest BCUT2D eigenvalue weighted by atomic mass is 16.7. The Morgan fingerprint density at radius 2 is 1.24 bits per heavy atom. The summed E-state index contributed by atoms with van der Waals surface area (Å²) in [5.41, 5.74) is 0. The fourth-order valence-electron chi connectivity index (χ4n) is 8.96. The van der Waals surface area contributed by atoms with E-state index in [2.05, 4.69) is 0 Å². The van der Waals surface area contributed by atoms with Crippen molar-refractivity contribution >= 4 is 5.97 Å². The predicted octanol–water partition coefficient (Wildman–Crippen LogP) is -3.53. The number of ether oxygens (including phenoxy) is 6. The molecule has 18 nitrogen and oxygen atoms in total. The Bertz CT molecular complexity index is 1230. The molecule has 18 heteroatoms. The minimum atomic E-state index is -1.71. The second-order valence-corrected chi connectivity index (χ2v) is 16.0. The van der Waals surface area contributed by atoms with Gasteiger partial charge >= 0.3 is 5.97 Å². The Labute approximate surface area is 312 Å². The Balaban J connectivity index is 1.04. The van der Waals surface area contributed by atoms with Crippen molar-refractivity contribution < 1.29 is 89.4 Å². The molecule has 6 aliphatic rings. The van der Waals surface area contributed by atoms with Crippen molar-refractivity contribution in [1.29, 1.82) is 0 Å². The lowest BCUT2D eigenvalue weighted by molar-refractivity contribution is -0.333. The molecule has 9 unspecified atom stereocenters. The number of hydrogen-bond donors (Lipinski definition) is 11. The van der Waals surface area contributed by atoms with Gasteiger partial charge in [0.05, 0.1) is 55.4 Å². The van der Waals surface area contributed by atoms with Crippen molar-refractivity contribution in [3.8, 4) is 0 Å². The van der Waals surface area contributed by atoms with E-state index in [1.165, 1.54) is 0 Å². The van der Waals surface area contributed by atoms with Crippen LogP contribution in [0.5, 0.6) is 0 Å². The average molecular weight is 779 g/mol. The highest BCUT2D eigenvalue weighted by molar-refractivity contribution is 5.81. The van der Waals surface area contributed by atoms with Crippen LogP contribution in [0.3, 0.4) is 0 Å². The van der Waals surface area contributed by atoms with Crippen LogP contribution in [0, 0.1) is 17.8 Å². The first kappa shape index (κ1) is 42.2. The van der Waals surface area contributed by atoms with Crippen LogP contribution in [0.1, 0.15) is 64.2 Å². The maximum Gasteiger partial charge on any atom is 0.330 e. The van der Waals surface area contributed by atoms with Gasteiger partial charge in [-0.15, -0.1) is 0 Å². The van der Waals surface area contributed by atoms with E-state index in [0.717, 1.165) is 6.08 Å². The summed E-state index contributed by atoms with van der Waals surface area (Å²) in [7, 11) is 0. The van der Waals surface area contributed by atoms with Crippen LogP contribution >= 0.6 is 0 Å². The molecular weight excluding hydrogens is 720 g/mol. The fourth-order valence-corrected chi connectivity index (χ4v) is 8.96. The number of allylic oxidation sites excluding steroid dienone is 1. The van der Waals surface area contributed by atoms with Crippen molar-refractivity contribution in [2.75, 3.05) is 13.2 Å². The van der Waals surface area contributed by atoms with Gasteiger partial charge in [-0.3, -0.25) is 0 Å². The molecule has 0 aromatic heterocycles. The van der Waals surface area contributed by atoms with Gasteiger partial charge in [-0.2, -0.15) is 0 Å². The van der Waals surface area contributed by atoms with Gasteiger partial charge in [-0.25, -0.2) is 4.79 Å². The Morgan fingerprint density at radius 3 is 1.91 bits per heavy atom. The molecule has 3 saturated heterocycles. The van der Waals surface area contributed by atoms with E-state index in [1.54, 1.807) is 6.08 Å². The topological polar surface area (TPSA) is 295 Å². The summed E-state index contributed by atoms with van der Waals surface area (Å²) in [6, 6.07) is 0. The molecule has 0 bridgehead atoms. The minimum Gasteiger partial charge on any atom is -0.460 e. The largest absolute Gasteiger partial charge is 0.460 e. The van der Waals surface area contributed by atoms with Crippen LogP contribution < -0.4 is 0 Å². The summed E-state index contributed by atoms with van der Waals surface area (Å²) >= 11 is 0. The fraction of sp³-hybridized carbons (Fsp3) is 0.917. The first-order valence-corrected chi connectivity index (χ1v) is 19.3. The van der Waals surface area contributed by atoms with Gasteiger partial charge in [0, 0.05) is 12.0 Å². The number of aliphatic hydroxyl groups excluding tert-OH is 11. The van der Waals surface area contributed by atoms with Crippen LogP contribution in [0.25, 0.3) is 0 Å². The van der Waals surface area contributed by atoms with Gasteiger partial charge in [0.15, 0.2) is 12.6 Å². The van der Waals surface area contributed by atoms with Crippen molar-refractivity contribution in [2.24, 2.45) is 17.8 Å². The predicted molar refractivity (Wildman–Crippen MR) is 180 cm³/mol. The molecule has 0 radical (unpaired) electrons. The summed E-state index contributed by atoms with van der Waals surface area (Å²) in [6.45, 7) is -1.14. The quantitative estimate of drug-likeness (QED) is 0.0756. The zero-order valence-corrected chi connectivity index (χ0v) is 30.0. The van der Waals surface area contributed by atoms with Gasteiger partial charge < -0.3 is 84.6 Å². The SMILES string of the molecule is O=C(C=CC1CCC(O)C(O[C@@H]2O[C@H](CO)[C@@H](O)[C@H](O)[C@H]2O)C1)OC[C@H]1O[C@@H](OC2CC3C(O)CC(O)CC3OC2C2CCC(O)CC2)[C@H](O)[C@@H](O)[C@@H]1O. The van der Waals surface area contributed by atoms with Crippen molar-refractivity contribution in [3.63, 3.8) is 0 Å². The number of carbonyl (C=O) groups excluding carboxylic acids is 1. The van der Waals surface area contributed by atoms with E-state index in [1.807, 2.05) is 0 Å². The van der Waals surface area contributed by atoms with E-state index in [9.17, 15) is 61.0 Å². The van der Waals surface area contributed by atoms with Crippen molar-refractivity contribution in [2.45, 2.75) is 174 Å². The number of rotatable bonds is 10. The Morgan fingerprint density at radius 1 is 0.611 bits per heavy atom. The molecule has 3 saturated carbocycles. The molecule has 11 N–H and O–H groups in total. The number of aliphatic hydroxyl groups is 11. The summed E-state index contributed by atoms with van der Waals surface area (Å²) in [4.78, 5) is 12.8. The van der Waals surface area contributed by atoms with Gasteiger partial charge in [0.2, 0.25) is 0 Å². The van der Waals surface area contributed by atoms with E-state index in [-0.39, 0.29) is 37.0 Å². The van der Waals surface area contributed by atoms with E-state index in [4.69, 9.17) is 28.4 Å². The zero-order valence-electron chi connectivity index (χ0n) is 30.0.